The molecule has 11 aromatic carbocycles. The Kier molecular flexibility index (Phi) is 10.6. The lowest BCUT2D eigenvalue weighted by molar-refractivity contribution is 0.660. The van der Waals surface area contributed by atoms with E-state index < -0.39 is 0 Å². The molecule has 348 valence electrons. The Hall–Kier alpha value is -8.78. The van der Waals surface area contributed by atoms with Crippen molar-refractivity contribution in [2.45, 2.75) is 38.5 Å². The van der Waals surface area contributed by atoms with Crippen molar-refractivity contribution in [2.24, 2.45) is 0 Å². The molecule has 0 radical (unpaired) electrons. The van der Waals surface area contributed by atoms with Gasteiger partial charge in [-0.2, -0.15) is 0 Å². The van der Waals surface area contributed by atoms with Crippen LogP contribution in [-0.4, -0.2) is 0 Å². The van der Waals surface area contributed by atoms with Crippen molar-refractivity contribution in [3.05, 3.63) is 283 Å². The summed E-state index contributed by atoms with van der Waals surface area (Å²) in [6, 6.07) is 96.4. The molecule has 2 aliphatic carbocycles. The molecule has 0 spiro atoms. The van der Waals surface area contributed by atoms with Gasteiger partial charge in [0.2, 0.25) is 0 Å². The molecule has 0 N–H and O–H groups in total. The van der Waals surface area contributed by atoms with E-state index in [-0.39, 0.29) is 10.8 Å². The van der Waals surface area contributed by atoms with E-state index in [4.69, 9.17) is 0 Å². The Labute approximate surface area is 430 Å². The number of fused-ring (bicyclic) bond motifs is 6. The SMILES string of the molecule is CC1(C)c2ccccc2-c2ccc(-c3ccc(N(c4ccc(-c5ccccc5-c5cccc6c5C(C)(C)c5ccccc5-6)cc4)c4ccccc4-c4ccc(-c5ccc(-c6ccccc6)cc5)cc4)cc3)cc21. The van der Waals surface area contributed by atoms with Gasteiger partial charge < -0.3 is 4.90 Å². The molecule has 0 aromatic heterocycles. The van der Waals surface area contributed by atoms with Crippen LogP contribution in [-0.2, 0) is 10.8 Å². The van der Waals surface area contributed by atoms with E-state index in [1.807, 2.05) is 0 Å². The molecule has 1 nitrogen and oxygen atoms in total. The lowest BCUT2D eigenvalue weighted by atomic mass is 9.78. The van der Waals surface area contributed by atoms with Gasteiger partial charge >= 0.3 is 0 Å². The van der Waals surface area contributed by atoms with E-state index in [1.54, 1.807) is 0 Å². The Balaban J connectivity index is 0.883. The van der Waals surface area contributed by atoms with Gasteiger partial charge in [-0.15, -0.1) is 0 Å². The Morgan fingerprint density at radius 1 is 0.233 bits per heavy atom. The summed E-state index contributed by atoms with van der Waals surface area (Å²) >= 11 is 0. The topological polar surface area (TPSA) is 3.24 Å². The molecule has 0 amide bonds. The summed E-state index contributed by atoms with van der Waals surface area (Å²) in [6.07, 6.45) is 0. The van der Waals surface area contributed by atoms with Gasteiger partial charge in [0.1, 0.15) is 0 Å². The molecule has 0 saturated carbocycles. The van der Waals surface area contributed by atoms with Gasteiger partial charge in [0.05, 0.1) is 5.69 Å². The minimum atomic E-state index is -0.125. The van der Waals surface area contributed by atoms with Crippen LogP contribution in [0.25, 0.3) is 89.0 Å². The van der Waals surface area contributed by atoms with Gasteiger partial charge in [-0.1, -0.05) is 252 Å². The van der Waals surface area contributed by atoms with Crippen LogP contribution in [0.1, 0.15) is 49.9 Å². The smallest absolute Gasteiger partial charge is 0.0540 e. The van der Waals surface area contributed by atoms with Crippen molar-refractivity contribution in [3.63, 3.8) is 0 Å². The second kappa shape index (κ2) is 17.5. The monoisotopic (exact) mass is 933 g/mol. The summed E-state index contributed by atoms with van der Waals surface area (Å²) in [4.78, 5) is 2.43. The lowest BCUT2D eigenvalue weighted by Crippen LogP contribution is -2.16. The zero-order valence-corrected chi connectivity index (χ0v) is 41.8. The third kappa shape index (κ3) is 7.46. The van der Waals surface area contributed by atoms with E-state index in [1.165, 1.54) is 100 Å². The number of anilines is 3. The normalized spacial score (nSPS) is 13.4. The van der Waals surface area contributed by atoms with Crippen molar-refractivity contribution in [2.75, 3.05) is 4.90 Å². The van der Waals surface area contributed by atoms with Crippen LogP contribution in [0.4, 0.5) is 17.1 Å². The molecule has 0 unspecified atom stereocenters. The van der Waals surface area contributed by atoms with Crippen LogP contribution in [0.15, 0.2) is 261 Å². The molecular weight excluding hydrogens is 879 g/mol. The maximum Gasteiger partial charge on any atom is 0.0540 e. The van der Waals surface area contributed by atoms with Gasteiger partial charge in [0.25, 0.3) is 0 Å². The summed E-state index contributed by atoms with van der Waals surface area (Å²) < 4.78 is 0. The van der Waals surface area contributed by atoms with Gasteiger partial charge in [-0.3, -0.25) is 0 Å². The van der Waals surface area contributed by atoms with E-state index in [9.17, 15) is 0 Å². The molecule has 0 heterocycles. The highest BCUT2D eigenvalue weighted by molar-refractivity contribution is 5.94. The van der Waals surface area contributed by atoms with Gasteiger partial charge in [-0.25, -0.2) is 0 Å². The maximum absolute atomic E-state index is 2.43. The zero-order valence-electron chi connectivity index (χ0n) is 41.8. The molecule has 1 heteroatoms. The second-order valence-corrected chi connectivity index (χ2v) is 20.8. The number of nitrogens with zero attached hydrogens (tertiary/aromatic N) is 1. The Morgan fingerprint density at radius 2 is 0.603 bits per heavy atom. The quantitative estimate of drug-likeness (QED) is 0.139. The van der Waals surface area contributed by atoms with Crippen molar-refractivity contribution in [1.82, 2.24) is 0 Å². The molecule has 0 fully saturated rings. The fourth-order valence-corrected chi connectivity index (χ4v) is 12.2. The predicted molar refractivity (Wildman–Crippen MR) is 309 cm³/mol. The largest absolute Gasteiger partial charge is 0.310 e. The highest BCUT2D eigenvalue weighted by Crippen LogP contribution is 2.54. The standard InChI is InChI=1S/C72H55N/c1-71(2)66-26-13-10-22-61(66)63-46-41-55(47-68(63)71)52-37-42-56(43-38-52)73(69-28-15-12-20-59(69)54-35-33-51(34-36-54)50-31-29-49(30-32-50)48-17-6-5-7-18-48)57-44-39-53(40-45-57)58-19-8-9-21-60(58)64-24-16-25-65-62-23-11-14-27-67(62)72(3,4)70(64)65/h5-47H,1-4H3. The summed E-state index contributed by atoms with van der Waals surface area (Å²) in [6.45, 7) is 9.46. The number of benzene rings is 11. The van der Waals surface area contributed by atoms with Crippen LogP contribution < -0.4 is 4.90 Å². The summed E-state index contributed by atoms with van der Waals surface area (Å²) in [7, 11) is 0. The van der Waals surface area contributed by atoms with Gasteiger partial charge in [0.15, 0.2) is 0 Å². The molecule has 11 aromatic rings. The average Bonchev–Trinajstić information content (AvgIpc) is 3.83. The fourth-order valence-electron chi connectivity index (χ4n) is 12.2. The minimum absolute atomic E-state index is 0.0656. The first-order valence-corrected chi connectivity index (χ1v) is 25.7. The molecule has 0 saturated heterocycles. The van der Waals surface area contributed by atoms with Crippen molar-refractivity contribution < 1.29 is 0 Å². The summed E-state index contributed by atoms with van der Waals surface area (Å²) in [5, 5.41) is 0. The predicted octanol–water partition coefficient (Wildman–Crippen LogP) is 19.8. The van der Waals surface area contributed by atoms with Crippen LogP contribution in [0.5, 0.6) is 0 Å². The van der Waals surface area contributed by atoms with Crippen molar-refractivity contribution in [1.29, 1.82) is 0 Å². The zero-order chi connectivity index (χ0) is 49.3. The third-order valence-corrected chi connectivity index (χ3v) is 15.9. The minimum Gasteiger partial charge on any atom is -0.310 e. The van der Waals surface area contributed by atoms with Crippen molar-refractivity contribution >= 4 is 17.1 Å². The first kappa shape index (κ1) is 44.2. The van der Waals surface area contributed by atoms with Crippen LogP contribution in [0.3, 0.4) is 0 Å². The third-order valence-electron chi connectivity index (χ3n) is 15.9. The van der Waals surface area contributed by atoms with E-state index in [0.717, 1.165) is 28.2 Å². The fraction of sp³-hybridized carbons (Fsp3) is 0.0833. The van der Waals surface area contributed by atoms with Gasteiger partial charge in [-0.05, 0) is 142 Å². The van der Waals surface area contributed by atoms with Crippen LogP contribution >= 0.6 is 0 Å². The lowest BCUT2D eigenvalue weighted by Gasteiger charge is -2.28. The van der Waals surface area contributed by atoms with Gasteiger partial charge in [0, 0.05) is 27.8 Å². The highest BCUT2D eigenvalue weighted by Gasteiger charge is 2.38. The molecule has 13 rings (SSSR count). The first-order chi connectivity index (χ1) is 35.7. The average molecular weight is 934 g/mol. The molecule has 73 heavy (non-hydrogen) atoms. The summed E-state index contributed by atoms with van der Waals surface area (Å²) in [5.74, 6) is 0. The second-order valence-electron chi connectivity index (χ2n) is 20.8. The molecule has 2 aliphatic rings. The van der Waals surface area contributed by atoms with Crippen LogP contribution in [0.2, 0.25) is 0 Å². The molecular formula is C72H55N. The Bertz CT molecular complexity index is 3860. The van der Waals surface area contributed by atoms with E-state index in [0.29, 0.717) is 0 Å². The molecule has 0 aliphatic heterocycles. The van der Waals surface area contributed by atoms with E-state index in [2.05, 4.69) is 293 Å². The number of hydrogen-bond donors (Lipinski definition) is 0. The molecule has 0 bridgehead atoms. The van der Waals surface area contributed by atoms with Crippen molar-refractivity contribution in [3.8, 4) is 89.0 Å². The first-order valence-electron chi connectivity index (χ1n) is 25.7. The summed E-state index contributed by atoms with van der Waals surface area (Å²) in [5.41, 5.74) is 28.6. The number of hydrogen-bond acceptors (Lipinski definition) is 1. The number of rotatable bonds is 9. The number of para-hydroxylation sites is 1. The molecule has 0 atom stereocenters. The van der Waals surface area contributed by atoms with Crippen LogP contribution in [0, 0.1) is 0 Å². The van der Waals surface area contributed by atoms with E-state index >= 15 is 0 Å². The highest BCUT2D eigenvalue weighted by atomic mass is 15.1. The maximum atomic E-state index is 2.43. The Morgan fingerprint density at radius 3 is 1.22 bits per heavy atom.